The van der Waals surface area contributed by atoms with Crippen LogP contribution >= 0.6 is 0 Å². The van der Waals surface area contributed by atoms with Gasteiger partial charge in [0.2, 0.25) is 11.8 Å². The predicted octanol–water partition coefficient (Wildman–Crippen LogP) is 1.83. The van der Waals surface area contributed by atoms with Crippen molar-refractivity contribution in [3.63, 3.8) is 0 Å². The highest BCUT2D eigenvalue weighted by Gasteiger charge is 2.15. The van der Waals surface area contributed by atoms with E-state index >= 15 is 0 Å². The van der Waals surface area contributed by atoms with Crippen molar-refractivity contribution in [2.24, 2.45) is 5.92 Å². The highest BCUT2D eigenvalue weighted by molar-refractivity contribution is 5.96. The molecule has 150 valence electrons. The van der Waals surface area contributed by atoms with Gasteiger partial charge in [0, 0.05) is 12.2 Å². The number of hydrogen-bond acceptors (Lipinski definition) is 5. The topological polar surface area (TPSA) is 99.8 Å². The summed E-state index contributed by atoms with van der Waals surface area (Å²) in [5, 5.41) is 7.68. The van der Waals surface area contributed by atoms with E-state index in [9.17, 15) is 14.4 Å². The van der Waals surface area contributed by atoms with Crippen LogP contribution in [0.1, 0.15) is 27.2 Å². The van der Waals surface area contributed by atoms with Crippen molar-refractivity contribution in [2.75, 3.05) is 38.6 Å². The minimum Gasteiger partial charge on any atom is -0.497 e. The maximum absolute atomic E-state index is 12.2. The van der Waals surface area contributed by atoms with Gasteiger partial charge in [0.15, 0.2) is 0 Å². The average molecular weight is 378 g/mol. The third kappa shape index (κ3) is 9.60. The van der Waals surface area contributed by atoms with Crippen LogP contribution in [0.5, 0.6) is 5.75 Å². The summed E-state index contributed by atoms with van der Waals surface area (Å²) in [6, 6.07) is 6.46. The van der Waals surface area contributed by atoms with Gasteiger partial charge in [0.25, 0.3) is 0 Å². The normalized spacial score (nSPS) is 10.6. The first-order valence-electron chi connectivity index (χ1n) is 9.08. The fraction of sp³-hybridized carbons (Fsp3) is 0.526. The van der Waals surface area contributed by atoms with Crippen molar-refractivity contribution in [3.8, 4) is 5.75 Å². The third-order valence-corrected chi connectivity index (χ3v) is 3.82. The SMILES string of the molecule is CCN(CC(=O)NC(=O)NCCC(C)C)CC(=O)Nc1ccc(OC)cc1. The first-order valence-corrected chi connectivity index (χ1v) is 9.08. The Labute approximate surface area is 160 Å². The summed E-state index contributed by atoms with van der Waals surface area (Å²) in [5.74, 6) is 0.486. The molecule has 1 aromatic carbocycles. The summed E-state index contributed by atoms with van der Waals surface area (Å²) >= 11 is 0. The zero-order chi connectivity index (χ0) is 20.2. The molecule has 0 aliphatic carbocycles. The van der Waals surface area contributed by atoms with Crippen LogP contribution < -0.4 is 20.7 Å². The van der Waals surface area contributed by atoms with Crippen molar-refractivity contribution in [1.29, 1.82) is 0 Å². The summed E-state index contributed by atoms with van der Waals surface area (Å²) in [4.78, 5) is 37.4. The lowest BCUT2D eigenvalue weighted by Crippen LogP contribution is -2.46. The summed E-state index contributed by atoms with van der Waals surface area (Å²) in [7, 11) is 1.57. The molecule has 8 nitrogen and oxygen atoms in total. The molecule has 0 spiro atoms. The predicted molar refractivity (Wildman–Crippen MR) is 105 cm³/mol. The number of hydrogen-bond donors (Lipinski definition) is 3. The number of anilines is 1. The number of carbonyl (C=O) groups excluding carboxylic acids is 3. The van der Waals surface area contributed by atoms with Gasteiger partial charge in [0.05, 0.1) is 20.2 Å². The number of nitrogens with zero attached hydrogens (tertiary/aromatic N) is 1. The molecule has 27 heavy (non-hydrogen) atoms. The molecule has 0 aliphatic rings. The summed E-state index contributed by atoms with van der Waals surface area (Å²) < 4.78 is 5.07. The van der Waals surface area contributed by atoms with Gasteiger partial charge in [-0.25, -0.2) is 4.79 Å². The zero-order valence-corrected chi connectivity index (χ0v) is 16.5. The molecule has 0 radical (unpaired) electrons. The Morgan fingerprint density at radius 3 is 2.26 bits per heavy atom. The fourth-order valence-electron chi connectivity index (χ4n) is 2.25. The molecule has 0 fully saturated rings. The number of benzene rings is 1. The lowest BCUT2D eigenvalue weighted by Gasteiger charge is -2.19. The average Bonchev–Trinajstić information content (AvgIpc) is 2.61. The number of amides is 4. The van der Waals surface area contributed by atoms with Crippen LogP contribution in [-0.4, -0.2) is 56.0 Å². The molecule has 1 rings (SSSR count). The molecule has 3 N–H and O–H groups in total. The van der Waals surface area contributed by atoms with E-state index in [1.807, 2.05) is 6.92 Å². The van der Waals surface area contributed by atoms with E-state index in [1.165, 1.54) is 0 Å². The Kier molecular flexibility index (Phi) is 9.89. The van der Waals surface area contributed by atoms with E-state index in [4.69, 9.17) is 4.74 Å². The number of carbonyl (C=O) groups is 3. The van der Waals surface area contributed by atoms with Crippen LogP contribution in [0.15, 0.2) is 24.3 Å². The third-order valence-electron chi connectivity index (χ3n) is 3.82. The van der Waals surface area contributed by atoms with Gasteiger partial charge in [-0.3, -0.25) is 19.8 Å². The summed E-state index contributed by atoms with van der Waals surface area (Å²) in [6.07, 6.45) is 0.841. The van der Waals surface area contributed by atoms with Crippen molar-refractivity contribution in [3.05, 3.63) is 24.3 Å². The maximum Gasteiger partial charge on any atom is 0.321 e. The molecule has 0 aliphatic heterocycles. The van der Waals surface area contributed by atoms with Crippen LogP contribution in [0, 0.1) is 5.92 Å². The molecule has 0 aromatic heterocycles. The molecular formula is C19H30N4O4. The van der Waals surface area contributed by atoms with Crippen molar-refractivity contribution in [1.82, 2.24) is 15.5 Å². The maximum atomic E-state index is 12.2. The summed E-state index contributed by atoms with van der Waals surface area (Å²) in [5.41, 5.74) is 0.644. The van der Waals surface area contributed by atoms with Gasteiger partial charge >= 0.3 is 6.03 Å². The number of nitrogens with one attached hydrogen (secondary N) is 3. The van der Waals surface area contributed by atoms with Gasteiger partial charge in [-0.05, 0) is 43.1 Å². The Morgan fingerprint density at radius 1 is 1.07 bits per heavy atom. The smallest absolute Gasteiger partial charge is 0.321 e. The Balaban J connectivity index is 2.39. The molecular weight excluding hydrogens is 348 g/mol. The standard InChI is InChI=1S/C19H30N4O4/c1-5-23(13-18(25)22-19(26)20-11-10-14(2)3)12-17(24)21-15-6-8-16(27-4)9-7-15/h6-9,14H,5,10-13H2,1-4H3,(H,21,24)(H2,20,22,25,26). The van der Waals surface area contributed by atoms with E-state index < -0.39 is 11.9 Å². The molecule has 0 atom stereocenters. The van der Waals surface area contributed by atoms with Gasteiger partial charge < -0.3 is 15.4 Å². The van der Waals surface area contributed by atoms with Gasteiger partial charge in [-0.15, -0.1) is 0 Å². The fourth-order valence-corrected chi connectivity index (χ4v) is 2.25. The molecule has 8 heteroatoms. The van der Waals surface area contributed by atoms with Crippen molar-refractivity contribution < 1.29 is 19.1 Å². The van der Waals surface area contributed by atoms with E-state index in [1.54, 1.807) is 36.3 Å². The monoisotopic (exact) mass is 378 g/mol. The van der Waals surface area contributed by atoms with E-state index in [-0.39, 0.29) is 19.0 Å². The lowest BCUT2D eigenvalue weighted by atomic mass is 10.1. The Bertz CT molecular complexity index is 617. The first kappa shape index (κ1) is 22.4. The quantitative estimate of drug-likeness (QED) is 0.577. The molecule has 0 bridgehead atoms. The largest absolute Gasteiger partial charge is 0.497 e. The minimum absolute atomic E-state index is 0.0376. The van der Waals surface area contributed by atoms with Gasteiger partial charge in [0.1, 0.15) is 5.75 Å². The zero-order valence-electron chi connectivity index (χ0n) is 16.5. The van der Waals surface area contributed by atoms with E-state index in [2.05, 4.69) is 29.8 Å². The summed E-state index contributed by atoms with van der Waals surface area (Å²) in [6.45, 7) is 6.98. The number of urea groups is 1. The second-order valence-electron chi connectivity index (χ2n) is 6.57. The number of ether oxygens (including phenoxy) is 1. The molecule has 0 saturated heterocycles. The lowest BCUT2D eigenvalue weighted by molar-refractivity contribution is -0.122. The number of rotatable bonds is 10. The van der Waals surface area contributed by atoms with E-state index in [0.29, 0.717) is 30.4 Å². The number of likely N-dealkylation sites (N-methyl/N-ethyl adjacent to an activating group) is 1. The molecule has 0 heterocycles. The Hall–Kier alpha value is -2.61. The van der Waals surface area contributed by atoms with Crippen LogP contribution in [0.25, 0.3) is 0 Å². The first-order chi connectivity index (χ1) is 12.8. The molecule has 4 amide bonds. The van der Waals surface area contributed by atoms with Gasteiger partial charge in [-0.2, -0.15) is 0 Å². The highest BCUT2D eigenvalue weighted by Crippen LogP contribution is 2.14. The van der Waals surface area contributed by atoms with Crippen LogP contribution in [0.3, 0.4) is 0 Å². The molecule has 0 unspecified atom stereocenters. The second kappa shape index (κ2) is 11.9. The second-order valence-corrected chi connectivity index (χ2v) is 6.57. The Morgan fingerprint density at radius 2 is 1.70 bits per heavy atom. The van der Waals surface area contributed by atoms with Gasteiger partial charge in [-0.1, -0.05) is 20.8 Å². The van der Waals surface area contributed by atoms with Crippen molar-refractivity contribution in [2.45, 2.75) is 27.2 Å². The number of methoxy groups -OCH3 is 1. The highest BCUT2D eigenvalue weighted by atomic mass is 16.5. The van der Waals surface area contributed by atoms with Crippen LogP contribution in [-0.2, 0) is 9.59 Å². The molecule has 1 aromatic rings. The minimum atomic E-state index is -0.514. The van der Waals surface area contributed by atoms with Crippen LogP contribution in [0.4, 0.5) is 10.5 Å². The van der Waals surface area contributed by atoms with Crippen molar-refractivity contribution >= 4 is 23.5 Å². The van der Waals surface area contributed by atoms with E-state index in [0.717, 1.165) is 6.42 Å². The van der Waals surface area contributed by atoms with Crippen LogP contribution in [0.2, 0.25) is 0 Å². The number of imide groups is 1. The molecule has 0 saturated carbocycles.